The number of rotatable bonds is 5. The molecule has 0 atom stereocenters. The number of nitrogens with two attached hydrogens (primary N) is 2. The number of guanidine groups is 1. The number of allylic oxidation sites excluding steroid dienone is 1. The highest BCUT2D eigenvalue weighted by Crippen LogP contribution is 2.25. The van der Waals surface area contributed by atoms with Crippen molar-refractivity contribution < 1.29 is 9.72 Å². The highest BCUT2D eigenvalue weighted by Gasteiger charge is 2.18. The van der Waals surface area contributed by atoms with Crippen LogP contribution in [0.5, 0.6) is 0 Å². The van der Waals surface area contributed by atoms with Crippen molar-refractivity contribution in [3.8, 4) is 0 Å². The number of nitro benzene ring substituents is 1. The Hall–Kier alpha value is -2.70. The van der Waals surface area contributed by atoms with E-state index in [9.17, 15) is 14.9 Å². The molecule has 4 N–H and O–H groups in total. The molecule has 21 heavy (non-hydrogen) atoms. The summed E-state index contributed by atoms with van der Waals surface area (Å²) >= 11 is 0. The predicted octanol–water partition coefficient (Wildman–Crippen LogP) is 2.13. The van der Waals surface area contributed by atoms with Crippen LogP contribution in [-0.4, -0.2) is 16.8 Å². The Morgan fingerprint density at radius 2 is 2.10 bits per heavy atom. The third-order valence-corrected chi connectivity index (χ3v) is 2.78. The van der Waals surface area contributed by atoms with Gasteiger partial charge >= 0.3 is 0 Å². The molecule has 0 unspecified atom stereocenters. The van der Waals surface area contributed by atoms with Crippen LogP contribution in [0, 0.1) is 17.0 Å². The highest BCUT2D eigenvalue weighted by molar-refractivity contribution is 6.03. The molecular formula is C14H18N4O3. The zero-order chi connectivity index (χ0) is 16.0. The van der Waals surface area contributed by atoms with E-state index in [2.05, 4.69) is 4.99 Å². The minimum atomic E-state index is -0.695. The number of hydrogen-bond acceptors (Lipinski definition) is 3. The molecule has 1 rings (SSSR count). The largest absolute Gasteiger partial charge is 0.370 e. The van der Waals surface area contributed by atoms with Crippen molar-refractivity contribution in [2.45, 2.75) is 26.7 Å². The fourth-order valence-corrected chi connectivity index (χ4v) is 1.80. The predicted molar refractivity (Wildman–Crippen MR) is 81.9 cm³/mol. The first-order valence-electron chi connectivity index (χ1n) is 6.46. The van der Waals surface area contributed by atoms with Crippen molar-refractivity contribution >= 4 is 23.6 Å². The van der Waals surface area contributed by atoms with Gasteiger partial charge in [-0.05, 0) is 25.0 Å². The van der Waals surface area contributed by atoms with E-state index in [-0.39, 0.29) is 17.2 Å². The van der Waals surface area contributed by atoms with E-state index >= 15 is 0 Å². The Kier molecular flexibility index (Phi) is 5.59. The number of amides is 1. The molecule has 0 saturated carbocycles. The van der Waals surface area contributed by atoms with E-state index < -0.39 is 10.8 Å². The summed E-state index contributed by atoms with van der Waals surface area (Å²) < 4.78 is 0. The SMILES string of the molecule is CCC/C=C/c1cc(C)c(C(=O)N=C(N)N)cc1[N+](=O)[O-]. The smallest absolute Gasteiger partial charge is 0.280 e. The third kappa shape index (κ3) is 4.41. The zero-order valence-corrected chi connectivity index (χ0v) is 12.0. The Balaban J connectivity index is 3.33. The van der Waals surface area contributed by atoms with Crippen molar-refractivity contribution in [3.63, 3.8) is 0 Å². The topological polar surface area (TPSA) is 125 Å². The van der Waals surface area contributed by atoms with Crippen LogP contribution >= 0.6 is 0 Å². The molecule has 7 heteroatoms. The fourth-order valence-electron chi connectivity index (χ4n) is 1.80. The maximum atomic E-state index is 11.8. The second-order valence-electron chi connectivity index (χ2n) is 4.52. The Morgan fingerprint density at radius 3 is 2.62 bits per heavy atom. The number of unbranched alkanes of at least 4 members (excludes halogenated alkanes) is 1. The minimum absolute atomic E-state index is 0.114. The van der Waals surface area contributed by atoms with Crippen LogP contribution in [-0.2, 0) is 0 Å². The number of nitrogens with zero attached hydrogens (tertiary/aromatic N) is 2. The molecule has 0 aliphatic carbocycles. The van der Waals surface area contributed by atoms with Crippen LogP contribution < -0.4 is 11.5 Å². The lowest BCUT2D eigenvalue weighted by Crippen LogP contribution is -2.24. The molecule has 1 amide bonds. The van der Waals surface area contributed by atoms with Gasteiger partial charge in [0.05, 0.1) is 16.1 Å². The van der Waals surface area contributed by atoms with E-state index in [4.69, 9.17) is 11.5 Å². The number of aryl methyl sites for hydroxylation is 1. The number of carbonyl (C=O) groups excluding carboxylic acids is 1. The van der Waals surface area contributed by atoms with Crippen LogP contribution in [0.2, 0.25) is 0 Å². The van der Waals surface area contributed by atoms with Gasteiger partial charge in [-0.15, -0.1) is 0 Å². The first-order chi connectivity index (χ1) is 9.86. The van der Waals surface area contributed by atoms with Crippen LogP contribution in [0.3, 0.4) is 0 Å². The van der Waals surface area contributed by atoms with Gasteiger partial charge in [0.25, 0.3) is 11.6 Å². The maximum absolute atomic E-state index is 11.8. The summed E-state index contributed by atoms with van der Waals surface area (Å²) in [5.41, 5.74) is 11.3. The summed E-state index contributed by atoms with van der Waals surface area (Å²) in [7, 11) is 0. The minimum Gasteiger partial charge on any atom is -0.370 e. The molecular weight excluding hydrogens is 272 g/mol. The Bertz CT molecular complexity index is 617. The quantitative estimate of drug-likeness (QED) is 0.372. The molecule has 0 fully saturated rings. The summed E-state index contributed by atoms with van der Waals surface area (Å²) in [6.07, 6.45) is 5.32. The normalized spacial score (nSPS) is 10.6. The highest BCUT2D eigenvalue weighted by atomic mass is 16.6. The fraction of sp³-hybridized carbons (Fsp3) is 0.286. The lowest BCUT2D eigenvalue weighted by atomic mass is 10.0. The van der Waals surface area contributed by atoms with E-state index in [0.717, 1.165) is 12.8 Å². The van der Waals surface area contributed by atoms with Crippen molar-refractivity contribution in [3.05, 3.63) is 45.0 Å². The van der Waals surface area contributed by atoms with Gasteiger partial charge in [0.1, 0.15) is 0 Å². The van der Waals surface area contributed by atoms with Gasteiger partial charge in [0, 0.05) is 6.07 Å². The molecule has 0 spiro atoms. The number of nitro groups is 1. The summed E-state index contributed by atoms with van der Waals surface area (Å²) in [6, 6.07) is 2.79. The molecule has 7 nitrogen and oxygen atoms in total. The van der Waals surface area contributed by atoms with Gasteiger partial charge in [-0.1, -0.05) is 25.5 Å². The second kappa shape index (κ2) is 7.18. The lowest BCUT2D eigenvalue weighted by Gasteiger charge is -2.05. The second-order valence-corrected chi connectivity index (χ2v) is 4.52. The maximum Gasteiger partial charge on any atom is 0.280 e. The summed E-state index contributed by atoms with van der Waals surface area (Å²) in [6.45, 7) is 3.69. The molecule has 0 aliphatic rings. The van der Waals surface area contributed by atoms with Crippen molar-refractivity contribution in [2.75, 3.05) is 0 Å². The summed E-state index contributed by atoms with van der Waals surface area (Å²) in [5.74, 6) is -1.08. The van der Waals surface area contributed by atoms with Gasteiger partial charge < -0.3 is 11.5 Å². The van der Waals surface area contributed by atoms with Crippen molar-refractivity contribution in [1.82, 2.24) is 0 Å². The van der Waals surface area contributed by atoms with Crippen molar-refractivity contribution in [1.29, 1.82) is 0 Å². The van der Waals surface area contributed by atoms with Crippen molar-refractivity contribution in [2.24, 2.45) is 16.5 Å². The third-order valence-electron chi connectivity index (χ3n) is 2.78. The lowest BCUT2D eigenvalue weighted by molar-refractivity contribution is -0.385. The molecule has 112 valence electrons. The number of hydrogen-bond donors (Lipinski definition) is 2. The van der Waals surface area contributed by atoms with E-state index in [1.807, 2.05) is 13.0 Å². The van der Waals surface area contributed by atoms with Gasteiger partial charge in [0.2, 0.25) is 0 Å². The Morgan fingerprint density at radius 1 is 1.43 bits per heavy atom. The molecule has 0 radical (unpaired) electrons. The van der Waals surface area contributed by atoms with Crippen LogP contribution in [0.15, 0.2) is 23.2 Å². The van der Waals surface area contributed by atoms with E-state index in [1.165, 1.54) is 6.07 Å². The molecule has 0 aromatic heterocycles. The standard InChI is InChI=1S/C14H18N4O3/c1-3-4-5-6-10-7-9(2)11(8-12(10)18(20)21)13(19)17-14(15)16/h5-8H,3-4H2,1-2H3,(H4,15,16,17,19)/b6-5+. The van der Waals surface area contributed by atoms with Gasteiger partial charge in [-0.2, -0.15) is 4.99 Å². The molecule has 0 aliphatic heterocycles. The number of aliphatic imine (C=N–C) groups is 1. The molecule has 1 aromatic carbocycles. The first-order valence-corrected chi connectivity index (χ1v) is 6.46. The number of benzene rings is 1. The van der Waals surface area contributed by atoms with Gasteiger partial charge in [-0.25, -0.2) is 0 Å². The van der Waals surface area contributed by atoms with E-state index in [0.29, 0.717) is 11.1 Å². The van der Waals surface area contributed by atoms with Crippen LogP contribution in [0.4, 0.5) is 5.69 Å². The van der Waals surface area contributed by atoms with Crippen LogP contribution in [0.25, 0.3) is 6.08 Å². The van der Waals surface area contributed by atoms with Crippen LogP contribution in [0.1, 0.15) is 41.3 Å². The zero-order valence-electron chi connectivity index (χ0n) is 12.0. The van der Waals surface area contributed by atoms with Gasteiger partial charge in [0.15, 0.2) is 5.96 Å². The van der Waals surface area contributed by atoms with Gasteiger partial charge in [-0.3, -0.25) is 14.9 Å². The first kappa shape index (κ1) is 16.4. The molecule has 0 bridgehead atoms. The molecule has 0 saturated heterocycles. The average Bonchev–Trinajstić information content (AvgIpc) is 2.37. The Labute approximate surface area is 122 Å². The van der Waals surface area contributed by atoms with E-state index in [1.54, 1.807) is 19.1 Å². The summed E-state index contributed by atoms with van der Waals surface area (Å²) in [4.78, 5) is 25.8. The molecule has 0 heterocycles. The average molecular weight is 290 g/mol. The number of carbonyl (C=O) groups is 1. The summed E-state index contributed by atoms with van der Waals surface area (Å²) in [5, 5.41) is 11.1. The molecule has 1 aromatic rings. The monoisotopic (exact) mass is 290 g/mol.